The van der Waals surface area contributed by atoms with Crippen LogP contribution in [-0.2, 0) is 6.54 Å². The minimum absolute atomic E-state index is 0.207. The Morgan fingerprint density at radius 1 is 1.00 bits per heavy atom. The fourth-order valence-corrected chi connectivity index (χ4v) is 3.67. The molecule has 146 valence electrons. The van der Waals surface area contributed by atoms with Crippen molar-refractivity contribution >= 4 is 0 Å². The lowest BCUT2D eigenvalue weighted by Gasteiger charge is -2.28. The molecule has 0 aromatic heterocycles. The zero-order chi connectivity index (χ0) is 19.1. The number of hydrogen-bond acceptors (Lipinski definition) is 4. The average molecular weight is 369 g/mol. The molecule has 0 amide bonds. The Labute approximate surface area is 163 Å². The second-order valence-corrected chi connectivity index (χ2v) is 7.48. The molecular weight excluding hydrogens is 336 g/mol. The Kier molecular flexibility index (Phi) is 7.13. The molecule has 1 aliphatic heterocycles. The van der Waals surface area contributed by atoms with Crippen LogP contribution in [0.4, 0.5) is 0 Å². The first kappa shape index (κ1) is 19.7. The number of rotatable bonds is 9. The number of methoxy groups -OCH3 is 1. The maximum atomic E-state index is 5.72. The highest BCUT2D eigenvalue weighted by atomic mass is 16.5. The second-order valence-electron chi connectivity index (χ2n) is 7.48. The van der Waals surface area contributed by atoms with Gasteiger partial charge in [-0.05, 0) is 75.2 Å². The van der Waals surface area contributed by atoms with E-state index in [1.54, 1.807) is 7.11 Å². The fraction of sp³-hybridized carbons (Fsp3) is 0.478. The van der Waals surface area contributed by atoms with Gasteiger partial charge in [-0.1, -0.05) is 24.3 Å². The molecule has 1 N–H and O–H groups in total. The van der Waals surface area contributed by atoms with E-state index in [1.165, 1.54) is 37.1 Å². The van der Waals surface area contributed by atoms with Crippen LogP contribution in [0.1, 0.15) is 43.9 Å². The highest BCUT2D eigenvalue weighted by Crippen LogP contribution is 2.27. The predicted molar refractivity (Wildman–Crippen MR) is 110 cm³/mol. The zero-order valence-corrected chi connectivity index (χ0v) is 16.8. The molecule has 0 aliphatic carbocycles. The fourth-order valence-electron chi connectivity index (χ4n) is 3.67. The molecule has 1 fully saturated rings. The molecule has 2 aromatic rings. The number of hydrogen-bond donors (Lipinski definition) is 1. The summed E-state index contributed by atoms with van der Waals surface area (Å²) in [4.78, 5) is 2.58. The summed E-state index contributed by atoms with van der Waals surface area (Å²) in [6, 6.07) is 17.2. The Morgan fingerprint density at radius 2 is 1.74 bits per heavy atom. The molecule has 0 spiro atoms. The quantitative estimate of drug-likeness (QED) is 0.711. The third kappa shape index (κ3) is 5.72. The molecule has 1 saturated heterocycles. The molecule has 0 bridgehead atoms. The summed E-state index contributed by atoms with van der Waals surface area (Å²) in [5.41, 5.74) is 2.60. The molecule has 0 radical (unpaired) electrons. The summed E-state index contributed by atoms with van der Waals surface area (Å²) in [5.74, 6) is 1.86. The largest absolute Gasteiger partial charge is 0.497 e. The number of benzene rings is 2. The van der Waals surface area contributed by atoms with Gasteiger partial charge in [-0.2, -0.15) is 0 Å². The summed E-state index contributed by atoms with van der Waals surface area (Å²) < 4.78 is 11.1. The topological polar surface area (TPSA) is 33.7 Å². The summed E-state index contributed by atoms with van der Waals surface area (Å²) in [6.45, 7) is 8.22. The van der Waals surface area contributed by atoms with Crippen LogP contribution in [0.5, 0.6) is 11.5 Å². The van der Waals surface area contributed by atoms with Crippen LogP contribution in [0, 0.1) is 0 Å². The van der Waals surface area contributed by atoms with Gasteiger partial charge in [0.25, 0.3) is 0 Å². The van der Waals surface area contributed by atoms with Crippen molar-refractivity contribution in [1.29, 1.82) is 0 Å². The van der Waals surface area contributed by atoms with Crippen molar-refractivity contribution in [2.75, 3.05) is 26.7 Å². The first-order valence-electron chi connectivity index (χ1n) is 10.00. The number of nitrogens with one attached hydrogen (secondary N) is 1. The van der Waals surface area contributed by atoms with E-state index in [2.05, 4.69) is 52.7 Å². The highest BCUT2D eigenvalue weighted by Gasteiger charge is 2.23. The molecule has 3 rings (SSSR count). The number of likely N-dealkylation sites (tertiary alicyclic amines) is 1. The monoisotopic (exact) mass is 368 g/mol. The van der Waals surface area contributed by atoms with Crippen LogP contribution < -0.4 is 14.8 Å². The van der Waals surface area contributed by atoms with E-state index in [9.17, 15) is 0 Å². The summed E-state index contributed by atoms with van der Waals surface area (Å²) in [5, 5.41) is 3.65. The van der Waals surface area contributed by atoms with Gasteiger partial charge in [0.2, 0.25) is 0 Å². The van der Waals surface area contributed by atoms with E-state index < -0.39 is 0 Å². The van der Waals surface area contributed by atoms with Crippen LogP contribution in [0.25, 0.3) is 0 Å². The molecule has 27 heavy (non-hydrogen) atoms. The van der Waals surface area contributed by atoms with Crippen LogP contribution in [0.2, 0.25) is 0 Å². The van der Waals surface area contributed by atoms with Crippen LogP contribution in [0.15, 0.2) is 48.5 Å². The van der Waals surface area contributed by atoms with E-state index in [0.717, 1.165) is 24.6 Å². The summed E-state index contributed by atoms with van der Waals surface area (Å²) in [7, 11) is 1.73. The van der Waals surface area contributed by atoms with Crippen molar-refractivity contribution in [3.63, 3.8) is 0 Å². The molecule has 1 atom stereocenters. The van der Waals surface area contributed by atoms with Gasteiger partial charge in [-0.15, -0.1) is 0 Å². The molecule has 1 heterocycles. The minimum Gasteiger partial charge on any atom is -0.497 e. The Morgan fingerprint density at radius 3 is 2.41 bits per heavy atom. The SMILES string of the molecule is COc1cccc(C(CNCc2ccc(OC(C)C)cc2)N2CCCC2)c1. The summed E-state index contributed by atoms with van der Waals surface area (Å²) >= 11 is 0. The van der Waals surface area contributed by atoms with Gasteiger partial charge in [0.1, 0.15) is 11.5 Å². The Balaban J connectivity index is 1.61. The van der Waals surface area contributed by atoms with Gasteiger partial charge >= 0.3 is 0 Å². The lowest BCUT2D eigenvalue weighted by atomic mass is 10.0. The maximum absolute atomic E-state index is 5.72. The normalized spacial score (nSPS) is 15.9. The van der Waals surface area contributed by atoms with Crippen molar-refractivity contribution in [2.45, 2.75) is 45.4 Å². The van der Waals surface area contributed by atoms with Crippen molar-refractivity contribution in [3.05, 3.63) is 59.7 Å². The van der Waals surface area contributed by atoms with Gasteiger partial charge in [-0.25, -0.2) is 0 Å². The van der Waals surface area contributed by atoms with Crippen molar-refractivity contribution in [1.82, 2.24) is 10.2 Å². The van der Waals surface area contributed by atoms with Crippen molar-refractivity contribution in [2.24, 2.45) is 0 Å². The smallest absolute Gasteiger partial charge is 0.119 e. The molecule has 1 unspecified atom stereocenters. The van der Waals surface area contributed by atoms with E-state index in [4.69, 9.17) is 9.47 Å². The number of nitrogens with zero attached hydrogens (tertiary/aromatic N) is 1. The lowest BCUT2D eigenvalue weighted by molar-refractivity contribution is 0.237. The van der Waals surface area contributed by atoms with Crippen molar-refractivity contribution in [3.8, 4) is 11.5 Å². The van der Waals surface area contributed by atoms with Gasteiger partial charge in [-0.3, -0.25) is 4.90 Å². The number of ether oxygens (including phenoxy) is 2. The Bertz CT molecular complexity index is 694. The third-order valence-electron chi connectivity index (χ3n) is 5.02. The molecule has 4 nitrogen and oxygen atoms in total. The van der Waals surface area contributed by atoms with Crippen molar-refractivity contribution < 1.29 is 9.47 Å². The zero-order valence-electron chi connectivity index (χ0n) is 16.8. The third-order valence-corrected chi connectivity index (χ3v) is 5.02. The minimum atomic E-state index is 0.207. The molecule has 0 saturated carbocycles. The standard InChI is InChI=1S/C23H32N2O2/c1-18(2)27-21-11-9-19(10-12-21)16-24-17-23(25-13-4-5-14-25)20-7-6-8-22(15-20)26-3/h6-12,15,18,23-24H,4-5,13-14,16-17H2,1-3H3. The van der Waals surface area contributed by atoms with Gasteiger partial charge in [0.05, 0.1) is 13.2 Å². The first-order chi connectivity index (χ1) is 13.2. The predicted octanol–water partition coefficient (Wildman–Crippen LogP) is 4.41. The van der Waals surface area contributed by atoms with E-state index in [1.807, 2.05) is 19.9 Å². The van der Waals surface area contributed by atoms with E-state index in [-0.39, 0.29) is 6.10 Å². The van der Waals surface area contributed by atoms with Gasteiger partial charge in [0, 0.05) is 19.1 Å². The molecule has 4 heteroatoms. The van der Waals surface area contributed by atoms with Crippen LogP contribution in [-0.4, -0.2) is 37.7 Å². The molecular formula is C23H32N2O2. The van der Waals surface area contributed by atoms with Gasteiger partial charge in [0.15, 0.2) is 0 Å². The maximum Gasteiger partial charge on any atom is 0.119 e. The average Bonchev–Trinajstić information content (AvgIpc) is 3.20. The first-order valence-corrected chi connectivity index (χ1v) is 10.00. The lowest BCUT2D eigenvalue weighted by Crippen LogP contribution is -2.34. The molecule has 2 aromatic carbocycles. The molecule has 1 aliphatic rings. The van der Waals surface area contributed by atoms with Gasteiger partial charge < -0.3 is 14.8 Å². The summed E-state index contributed by atoms with van der Waals surface area (Å²) in [6.07, 6.45) is 2.79. The Hall–Kier alpha value is -2.04. The highest BCUT2D eigenvalue weighted by molar-refractivity contribution is 5.31. The van der Waals surface area contributed by atoms with Crippen LogP contribution >= 0.6 is 0 Å². The second kappa shape index (κ2) is 9.77. The van der Waals surface area contributed by atoms with E-state index in [0.29, 0.717) is 6.04 Å². The van der Waals surface area contributed by atoms with E-state index >= 15 is 0 Å². The van der Waals surface area contributed by atoms with Crippen LogP contribution in [0.3, 0.4) is 0 Å².